The molecule has 0 aliphatic carbocycles. The number of anilines is 1. The predicted molar refractivity (Wildman–Crippen MR) is 166 cm³/mol. The summed E-state index contributed by atoms with van der Waals surface area (Å²) in [6, 6.07) is 14.5. The molecule has 0 unspecified atom stereocenters. The van der Waals surface area contributed by atoms with Crippen LogP contribution in [0.3, 0.4) is 0 Å². The number of pyridine rings is 1. The van der Waals surface area contributed by atoms with Crippen LogP contribution in [0.1, 0.15) is 63.3 Å². The number of rotatable bonds is 7. The maximum absolute atomic E-state index is 14.5. The largest absolute Gasteiger partial charge is 0.476 e. The van der Waals surface area contributed by atoms with Crippen LogP contribution in [0.5, 0.6) is 5.88 Å². The Morgan fingerprint density at radius 3 is 2.75 bits per heavy atom. The van der Waals surface area contributed by atoms with Gasteiger partial charge in [-0.25, -0.2) is 14.2 Å². The molecule has 1 aromatic carbocycles. The Kier molecular flexibility index (Phi) is 8.71. The summed E-state index contributed by atoms with van der Waals surface area (Å²) in [5, 5.41) is 9.65. The smallest absolute Gasteiger partial charge is 0.410 e. The average molecular weight is 605 g/mol. The van der Waals surface area contributed by atoms with E-state index in [-0.39, 0.29) is 24.1 Å². The lowest BCUT2D eigenvalue weighted by Gasteiger charge is -2.43. The number of amides is 1. The third-order valence-corrected chi connectivity index (χ3v) is 9.49. The molecule has 236 valence electrons. The minimum absolute atomic E-state index is 0.222. The number of aromatic nitrogens is 1. The highest BCUT2D eigenvalue weighted by Gasteiger charge is 2.49. The molecule has 0 bridgehead atoms. The molecule has 0 spiro atoms. The van der Waals surface area contributed by atoms with Crippen molar-refractivity contribution in [1.29, 1.82) is 5.26 Å². The van der Waals surface area contributed by atoms with E-state index in [4.69, 9.17) is 14.5 Å². The van der Waals surface area contributed by atoms with Crippen LogP contribution >= 0.6 is 0 Å². The zero-order valence-electron chi connectivity index (χ0n) is 26.3. The zero-order valence-corrected chi connectivity index (χ0v) is 26.3. The van der Waals surface area contributed by atoms with Gasteiger partial charge >= 0.3 is 6.09 Å². The number of alkyl halides is 1. The summed E-state index contributed by atoms with van der Waals surface area (Å²) in [5.74, 6) is 0.565. The van der Waals surface area contributed by atoms with Gasteiger partial charge in [0.15, 0.2) is 0 Å². The highest BCUT2D eigenvalue weighted by Crippen LogP contribution is 2.41. The van der Waals surface area contributed by atoms with E-state index >= 15 is 0 Å². The second-order valence-corrected chi connectivity index (χ2v) is 13.9. The number of carbonyl (C=O) groups is 1. The molecule has 3 saturated heterocycles. The molecule has 1 amide bonds. The topological polar surface area (TPSA) is 85.2 Å². The monoisotopic (exact) mass is 604 g/mol. The van der Waals surface area contributed by atoms with E-state index < -0.39 is 11.8 Å². The second kappa shape index (κ2) is 12.5. The van der Waals surface area contributed by atoms with E-state index in [0.717, 1.165) is 50.3 Å². The quantitative estimate of drug-likeness (QED) is 0.440. The Hall–Kier alpha value is -3.42. The zero-order chi connectivity index (χ0) is 30.9. The van der Waals surface area contributed by atoms with Crippen LogP contribution in [0.15, 0.2) is 36.4 Å². The molecular weight excluding hydrogens is 559 g/mol. The van der Waals surface area contributed by atoms with Crippen LogP contribution in [0, 0.1) is 11.3 Å². The van der Waals surface area contributed by atoms with Crippen molar-refractivity contribution < 1.29 is 18.7 Å². The number of hydrogen-bond acceptors (Lipinski definition) is 8. The van der Waals surface area contributed by atoms with Crippen molar-refractivity contribution in [3.05, 3.63) is 53.2 Å². The van der Waals surface area contributed by atoms with Gasteiger partial charge in [-0.3, -0.25) is 9.80 Å². The molecule has 1 aromatic heterocycles. The highest BCUT2D eigenvalue weighted by atomic mass is 19.1. The van der Waals surface area contributed by atoms with Gasteiger partial charge in [-0.2, -0.15) is 5.26 Å². The van der Waals surface area contributed by atoms with Crippen LogP contribution in [-0.2, 0) is 24.2 Å². The minimum atomic E-state index is -0.809. The van der Waals surface area contributed by atoms with Crippen LogP contribution in [0.25, 0.3) is 0 Å². The molecule has 0 saturated carbocycles. The van der Waals surface area contributed by atoms with Gasteiger partial charge in [-0.05, 0) is 57.7 Å². The summed E-state index contributed by atoms with van der Waals surface area (Å²) >= 11 is 0. The van der Waals surface area contributed by atoms with E-state index in [0.29, 0.717) is 51.6 Å². The number of halogens is 1. The molecule has 5 heterocycles. The lowest BCUT2D eigenvalue weighted by atomic mass is 9.95. The Morgan fingerprint density at radius 2 is 1.98 bits per heavy atom. The number of ether oxygens (including phenoxy) is 2. The van der Waals surface area contributed by atoms with Crippen LogP contribution < -0.4 is 9.64 Å². The van der Waals surface area contributed by atoms with Gasteiger partial charge in [0.1, 0.15) is 18.4 Å². The standard InChI is InChI=1S/C34H45FN6O3/c1-33(2,3)44-32(42)41-17-16-39(22-27(41)10-13-36)30-18-31(43-24-34-12-7-14-40(34)21-26(35)19-34)37-29-23-38(15-11-28(29)30)20-25-8-5-4-6-9-25/h4-6,8-9,18,26-27H,7,10-12,14-17,19-24H2,1-3H3/t26-,27+,34+/m1/s1. The molecule has 44 heavy (non-hydrogen) atoms. The van der Waals surface area contributed by atoms with Crippen molar-refractivity contribution in [2.75, 3.05) is 50.8 Å². The summed E-state index contributed by atoms with van der Waals surface area (Å²) in [7, 11) is 0. The summed E-state index contributed by atoms with van der Waals surface area (Å²) in [5.41, 5.74) is 3.67. The number of benzene rings is 1. The fourth-order valence-corrected chi connectivity index (χ4v) is 7.45. The highest BCUT2D eigenvalue weighted by molar-refractivity contribution is 5.69. The average Bonchev–Trinajstić information content (AvgIpc) is 3.51. The van der Waals surface area contributed by atoms with Gasteiger partial charge in [0.05, 0.1) is 29.8 Å². The Bertz CT molecular complexity index is 1380. The number of hydrogen-bond donors (Lipinski definition) is 0. The molecule has 10 heteroatoms. The first-order valence-electron chi connectivity index (χ1n) is 16.0. The van der Waals surface area contributed by atoms with Crippen molar-refractivity contribution in [3.63, 3.8) is 0 Å². The van der Waals surface area contributed by atoms with E-state index in [1.54, 1.807) is 4.90 Å². The predicted octanol–water partition coefficient (Wildman–Crippen LogP) is 4.93. The molecule has 0 radical (unpaired) electrons. The molecule has 0 N–H and O–H groups in total. The number of carbonyl (C=O) groups excluding carboxylic acids is 1. The van der Waals surface area contributed by atoms with E-state index in [9.17, 15) is 14.4 Å². The third-order valence-electron chi connectivity index (χ3n) is 9.49. The van der Waals surface area contributed by atoms with Gasteiger partial charge < -0.3 is 19.3 Å². The molecular formula is C34H45FN6O3. The van der Waals surface area contributed by atoms with Gasteiger partial charge in [-0.15, -0.1) is 0 Å². The Morgan fingerprint density at radius 1 is 1.16 bits per heavy atom. The van der Waals surface area contributed by atoms with Crippen molar-refractivity contribution >= 4 is 11.8 Å². The van der Waals surface area contributed by atoms with Crippen LogP contribution in [-0.4, -0.2) is 95.0 Å². The first-order valence-corrected chi connectivity index (χ1v) is 16.0. The van der Waals surface area contributed by atoms with Crippen molar-refractivity contribution in [3.8, 4) is 11.9 Å². The molecule has 2 aromatic rings. The first-order chi connectivity index (χ1) is 21.1. The maximum Gasteiger partial charge on any atom is 0.410 e. The van der Waals surface area contributed by atoms with Crippen LogP contribution in [0.2, 0.25) is 0 Å². The van der Waals surface area contributed by atoms with Crippen molar-refractivity contribution in [2.45, 2.75) is 89.3 Å². The number of fused-ring (bicyclic) bond motifs is 2. The van der Waals surface area contributed by atoms with E-state index in [1.807, 2.05) is 32.9 Å². The SMILES string of the molecule is CC(C)(C)OC(=O)N1CCN(c2cc(OC[C@@]34CCCN3C[C@H](F)C4)nc3c2CCN(Cc2ccccc2)C3)C[C@@H]1CC#N. The van der Waals surface area contributed by atoms with Gasteiger partial charge in [-0.1, -0.05) is 30.3 Å². The Labute approximate surface area is 260 Å². The molecule has 3 fully saturated rings. The van der Waals surface area contributed by atoms with Gasteiger partial charge in [0, 0.05) is 64.0 Å². The van der Waals surface area contributed by atoms with E-state index in [2.05, 4.69) is 45.0 Å². The van der Waals surface area contributed by atoms with Gasteiger partial charge in [0.2, 0.25) is 5.88 Å². The summed E-state index contributed by atoms with van der Waals surface area (Å²) in [6.07, 6.45) is 2.40. The normalized spacial score (nSPS) is 25.8. The lowest BCUT2D eigenvalue weighted by Crippen LogP contribution is -2.56. The molecule has 9 nitrogen and oxygen atoms in total. The lowest BCUT2D eigenvalue weighted by molar-refractivity contribution is 0.0145. The van der Waals surface area contributed by atoms with Crippen LogP contribution in [0.4, 0.5) is 14.9 Å². The first kappa shape index (κ1) is 30.6. The molecule has 4 aliphatic rings. The third kappa shape index (κ3) is 6.64. The fourth-order valence-electron chi connectivity index (χ4n) is 7.45. The maximum atomic E-state index is 14.5. The molecule has 6 rings (SSSR count). The van der Waals surface area contributed by atoms with E-state index in [1.165, 1.54) is 11.1 Å². The molecule has 3 atom stereocenters. The van der Waals surface area contributed by atoms with Crippen molar-refractivity contribution in [1.82, 2.24) is 19.7 Å². The van der Waals surface area contributed by atoms with Gasteiger partial charge in [0.25, 0.3) is 0 Å². The van der Waals surface area contributed by atoms with Crippen molar-refractivity contribution in [2.24, 2.45) is 0 Å². The number of nitrogens with zero attached hydrogens (tertiary/aromatic N) is 6. The summed E-state index contributed by atoms with van der Waals surface area (Å²) < 4.78 is 26.6. The Balaban J connectivity index is 1.26. The number of nitriles is 1. The second-order valence-electron chi connectivity index (χ2n) is 13.9. The summed E-state index contributed by atoms with van der Waals surface area (Å²) in [6.45, 7) is 11.5. The molecule has 4 aliphatic heterocycles. The fraction of sp³-hybridized carbons (Fsp3) is 0.618. The summed E-state index contributed by atoms with van der Waals surface area (Å²) in [4.78, 5) is 26.8. The number of piperazine rings is 1. The minimum Gasteiger partial charge on any atom is -0.476 e.